The van der Waals surface area contributed by atoms with Gasteiger partial charge >= 0.3 is 0 Å². The molecule has 4 heteroatoms. The number of rotatable bonds is 6. The summed E-state index contributed by atoms with van der Waals surface area (Å²) < 4.78 is 11.5. The molecule has 0 fully saturated rings. The maximum absolute atomic E-state index is 5.81. The predicted octanol–water partition coefficient (Wildman–Crippen LogP) is 3.68. The van der Waals surface area contributed by atoms with E-state index in [1.807, 2.05) is 43.3 Å². The molecule has 4 nitrogen and oxygen atoms in total. The van der Waals surface area contributed by atoms with Crippen LogP contribution in [-0.4, -0.2) is 11.6 Å². The molecule has 2 N–H and O–H groups in total. The van der Waals surface area contributed by atoms with Crippen molar-refractivity contribution in [3.63, 3.8) is 0 Å². The minimum absolute atomic E-state index is 0.0794. The zero-order valence-corrected chi connectivity index (χ0v) is 11.9. The van der Waals surface area contributed by atoms with Crippen LogP contribution in [0.25, 0.3) is 0 Å². The van der Waals surface area contributed by atoms with Gasteiger partial charge in [0.2, 0.25) is 0 Å². The normalized spacial score (nSPS) is 11.9. The number of para-hydroxylation sites is 2. The average molecular weight is 272 g/mol. The van der Waals surface area contributed by atoms with Gasteiger partial charge in [-0.3, -0.25) is 4.98 Å². The lowest BCUT2D eigenvalue weighted by Crippen LogP contribution is -2.06. The van der Waals surface area contributed by atoms with Gasteiger partial charge < -0.3 is 15.2 Å². The molecule has 0 amide bonds. The summed E-state index contributed by atoms with van der Waals surface area (Å²) in [6, 6.07) is 11.3. The van der Waals surface area contributed by atoms with Crippen LogP contribution in [0.2, 0.25) is 0 Å². The SMILES string of the molecule is CCCOc1ccccc1Oc1ccc(C(C)N)nc1. The van der Waals surface area contributed by atoms with Crippen LogP contribution in [0.3, 0.4) is 0 Å². The molecule has 1 aromatic carbocycles. The molecular formula is C16H20N2O2. The fourth-order valence-electron chi connectivity index (χ4n) is 1.71. The van der Waals surface area contributed by atoms with E-state index in [-0.39, 0.29) is 6.04 Å². The van der Waals surface area contributed by atoms with E-state index in [0.717, 1.165) is 17.9 Å². The first kappa shape index (κ1) is 14.3. The second-order valence-corrected chi connectivity index (χ2v) is 4.60. The molecule has 106 valence electrons. The molecule has 1 aromatic heterocycles. The number of pyridine rings is 1. The van der Waals surface area contributed by atoms with Gasteiger partial charge in [-0.15, -0.1) is 0 Å². The first-order valence-electron chi connectivity index (χ1n) is 6.82. The van der Waals surface area contributed by atoms with Crippen LogP contribution in [0.4, 0.5) is 0 Å². The summed E-state index contributed by atoms with van der Waals surface area (Å²) in [7, 11) is 0. The molecule has 0 radical (unpaired) electrons. The fraction of sp³-hybridized carbons (Fsp3) is 0.312. The highest BCUT2D eigenvalue weighted by Gasteiger charge is 2.06. The van der Waals surface area contributed by atoms with E-state index in [4.69, 9.17) is 15.2 Å². The number of hydrogen-bond acceptors (Lipinski definition) is 4. The first-order chi connectivity index (χ1) is 9.70. The Hall–Kier alpha value is -2.07. The molecule has 2 rings (SSSR count). The topological polar surface area (TPSA) is 57.4 Å². The standard InChI is InChI=1S/C16H20N2O2/c1-3-10-19-15-6-4-5-7-16(15)20-13-8-9-14(12(2)17)18-11-13/h4-9,11-12H,3,10,17H2,1-2H3. The number of benzene rings is 1. The lowest BCUT2D eigenvalue weighted by molar-refractivity contribution is 0.302. The summed E-state index contributed by atoms with van der Waals surface area (Å²) in [5, 5.41) is 0. The summed E-state index contributed by atoms with van der Waals surface area (Å²) in [5.41, 5.74) is 6.61. The number of aromatic nitrogens is 1. The second kappa shape index (κ2) is 6.91. The Morgan fingerprint density at radius 2 is 1.90 bits per heavy atom. The number of nitrogens with two attached hydrogens (primary N) is 1. The largest absolute Gasteiger partial charge is 0.490 e. The van der Waals surface area contributed by atoms with Gasteiger partial charge in [0, 0.05) is 6.04 Å². The Bertz CT molecular complexity index is 538. The molecule has 2 aromatic rings. The molecule has 0 aliphatic rings. The minimum atomic E-state index is -0.0794. The van der Waals surface area contributed by atoms with Gasteiger partial charge in [0.15, 0.2) is 11.5 Å². The van der Waals surface area contributed by atoms with Crippen LogP contribution >= 0.6 is 0 Å². The quantitative estimate of drug-likeness (QED) is 0.871. The van der Waals surface area contributed by atoms with Crippen LogP contribution in [0, 0.1) is 0 Å². The van der Waals surface area contributed by atoms with Gasteiger partial charge in [0.1, 0.15) is 5.75 Å². The van der Waals surface area contributed by atoms with Crippen LogP contribution in [0.5, 0.6) is 17.2 Å². The van der Waals surface area contributed by atoms with E-state index in [2.05, 4.69) is 11.9 Å². The Labute approximate surface area is 119 Å². The molecule has 0 spiro atoms. The van der Waals surface area contributed by atoms with Crippen molar-refractivity contribution < 1.29 is 9.47 Å². The molecule has 0 saturated heterocycles. The number of hydrogen-bond donors (Lipinski definition) is 1. The zero-order valence-electron chi connectivity index (χ0n) is 11.9. The second-order valence-electron chi connectivity index (χ2n) is 4.60. The average Bonchev–Trinajstić information content (AvgIpc) is 2.47. The maximum atomic E-state index is 5.81. The molecule has 0 aliphatic heterocycles. The first-order valence-corrected chi connectivity index (χ1v) is 6.82. The van der Waals surface area contributed by atoms with Crippen LogP contribution in [0.1, 0.15) is 32.0 Å². The van der Waals surface area contributed by atoms with Crippen molar-refractivity contribution in [3.05, 3.63) is 48.3 Å². The van der Waals surface area contributed by atoms with Gasteiger partial charge in [0.25, 0.3) is 0 Å². The van der Waals surface area contributed by atoms with Crippen molar-refractivity contribution >= 4 is 0 Å². The Kier molecular flexibility index (Phi) is 4.96. The van der Waals surface area contributed by atoms with E-state index in [0.29, 0.717) is 18.1 Å². The minimum Gasteiger partial charge on any atom is -0.490 e. The lowest BCUT2D eigenvalue weighted by Gasteiger charge is -2.12. The van der Waals surface area contributed by atoms with E-state index in [1.54, 1.807) is 6.20 Å². The van der Waals surface area contributed by atoms with Crippen LogP contribution < -0.4 is 15.2 Å². The van der Waals surface area contributed by atoms with Gasteiger partial charge in [-0.1, -0.05) is 19.1 Å². The molecule has 20 heavy (non-hydrogen) atoms. The zero-order chi connectivity index (χ0) is 14.4. The lowest BCUT2D eigenvalue weighted by atomic mass is 10.2. The summed E-state index contributed by atoms with van der Waals surface area (Å²) in [6.07, 6.45) is 2.63. The highest BCUT2D eigenvalue weighted by Crippen LogP contribution is 2.31. The van der Waals surface area contributed by atoms with E-state index < -0.39 is 0 Å². The molecular weight excluding hydrogens is 252 g/mol. The summed E-state index contributed by atoms with van der Waals surface area (Å²) in [5.74, 6) is 2.10. The van der Waals surface area contributed by atoms with Crippen molar-refractivity contribution in [1.29, 1.82) is 0 Å². The summed E-state index contributed by atoms with van der Waals surface area (Å²) in [4.78, 5) is 4.28. The van der Waals surface area contributed by atoms with Crippen LogP contribution in [-0.2, 0) is 0 Å². The summed E-state index contributed by atoms with van der Waals surface area (Å²) >= 11 is 0. The smallest absolute Gasteiger partial charge is 0.169 e. The van der Waals surface area contributed by atoms with Crippen LogP contribution in [0.15, 0.2) is 42.6 Å². The Morgan fingerprint density at radius 3 is 2.50 bits per heavy atom. The molecule has 0 aliphatic carbocycles. The highest BCUT2D eigenvalue weighted by atomic mass is 16.5. The van der Waals surface area contributed by atoms with Crippen molar-refractivity contribution in [2.45, 2.75) is 26.3 Å². The third-order valence-electron chi connectivity index (χ3n) is 2.76. The van der Waals surface area contributed by atoms with Gasteiger partial charge in [0.05, 0.1) is 18.5 Å². The molecule has 1 heterocycles. The molecule has 0 bridgehead atoms. The Morgan fingerprint density at radius 1 is 1.15 bits per heavy atom. The maximum Gasteiger partial charge on any atom is 0.169 e. The van der Waals surface area contributed by atoms with Crippen molar-refractivity contribution in [2.24, 2.45) is 5.73 Å². The van der Waals surface area contributed by atoms with Crippen molar-refractivity contribution in [3.8, 4) is 17.2 Å². The molecule has 1 unspecified atom stereocenters. The van der Waals surface area contributed by atoms with E-state index in [9.17, 15) is 0 Å². The molecule has 1 atom stereocenters. The van der Waals surface area contributed by atoms with Crippen molar-refractivity contribution in [1.82, 2.24) is 4.98 Å². The Balaban J connectivity index is 2.13. The van der Waals surface area contributed by atoms with Gasteiger partial charge in [-0.05, 0) is 37.6 Å². The molecule has 0 saturated carbocycles. The van der Waals surface area contributed by atoms with Gasteiger partial charge in [-0.25, -0.2) is 0 Å². The van der Waals surface area contributed by atoms with Gasteiger partial charge in [-0.2, -0.15) is 0 Å². The summed E-state index contributed by atoms with van der Waals surface area (Å²) in [6.45, 7) is 4.64. The van der Waals surface area contributed by atoms with Crippen molar-refractivity contribution in [2.75, 3.05) is 6.61 Å². The third-order valence-corrected chi connectivity index (χ3v) is 2.76. The fourth-order valence-corrected chi connectivity index (χ4v) is 1.71. The van der Waals surface area contributed by atoms with E-state index in [1.165, 1.54) is 0 Å². The number of ether oxygens (including phenoxy) is 2. The van der Waals surface area contributed by atoms with E-state index >= 15 is 0 Å². The predicted molar refractivity (Wildman–Crippen MR) is 79.1 cm³/mol. The monoisotopic (exact) mass is 272 g/mol. The highest BCUT2D eigenvalue weighted by molar-refractivity contribution is 5.42. The number of nitrogens with zero attached hydrogens (tertiary/aromatic N) is 1. The third kappa shape index (κ3) is 3.71.